The van der Waals surface area contributed by atoms with Gasteiger partial charge in [0.25, 0.3) is 0 Å². The fraction of sp³-hybridized carbons (Fsp3) is 0.938. The van der Waals surface area contributed by atoms with Crippen LogP contribution in [0, 0.1) is 11.8 Å². The molecule has 0 heterocycles. The number of unbranched alkanes of at least 4 members (excludes halogenated alkanes) is 33. The van der Waals surface area contributed by atoms with Crippen LogP contribution in [-0.2, 0) is 65.4 Å². The molecule has 3 N–H and O–H groups in total. The van der Waals surface area contributed by atoms with Crippen molar-refractivity contribution in [2.45, 2.75) is 342 Å². The number of hydrogen-bond acceptors (Lipinski definition) is 15. The van der Waals surface area contributed by atoms with E-state index in [4.69, 9.17) is 37.0 Å². The predicted molar refractivity (Wildman–Crippen MR) is 335 cm³/mol. The molecule has 6 atom stereocenters. The number of ether oxygens (including phenoxy) is 4. The molecule has 0 radical (unpaired) electrons. The predicted octanol–water partition coefficient (Wildman–Crippen LogP) is 18.0. The lowest BCUT2D eigenvalue weighted by Crippen LogP contribution is -2.30. The molecule has 498 valence electrons. The van der Waals surface area contributed by atoms with Crippen LogP contribution in [0.4, 0.5) is 0 Å². The van der Waals surface area contributed by atoms with Crippen molar-refractivity contribution in [3.63, 3.8) is 0 Å². The highest BCUT2D eigenvalue weighted by atomic mass is 31.2. The lowest BCUT2D eigenvalue weighted by molar-refractivity contribution is -0.161. The van der Waals surface area contributed by atoms with Crippen molar-refractivity contribution in [3.8, 4) is 0 Å². The highest BCUT2D eigenvalue weighted by Crippen LogP contribution is 2.45. The molecular weight excluding hydrogens is 1110 g/mol. The normalized spacial score (nSPS) is 14.6. The fourth-order valence-electron chi connectivity index (χ4n) is 9.68. The number of carbonyl (C=O) groups excluding carboxylic acids is 4. The van der Waals surface area contributed by atoms with Crippen LogP contribution in [-0.4, -0.2) is 96.7 Å². The van der Waals surface area contributed by atoms with Gasteiger partial charge in [0, 0.05) is 25.7 Å². The Labute approximate surface area is 511 Å². The van der Waals surface area contributed by atoms with Crippen LogP contribution in [0.5, 0.6) is 0 Å². The van der Waals surface area contributed by atoms with E-state index in [1.165, 1.54) is 135 Å². The van der Waals surface area contributed by atoms with Gasteiger partial charge >= 0.3 is 39.5 Å². The van der Waals surface area contributed by atoms with E-state index < -0.39 is 97.5 Å². The number of phosphoric ester groups is 2. The Balaban J connectivity index is 5.23. The van der Waals surface area contributed by atoms with Crippen molar-refractivity contribution in [3.05, 3.63) is 0 Å². The number of carbonyl (C=O) groups is 4. The summed E-state index contributed by atoms with van der Waals surface area (Å²) in [6, 6.07) is 0. The van der Waals surface area contributed by atoms with E-state index in [0.29, 0.717) is 25.7 Å². The molecular formula is C65H126O17P2. The SMILES string of the molecule is CCCCCCCCCCCCCCCCCC(=O)O[C@H](COC(=O)CCCCCCCCCCC(C)C)COP(=O)(O)OC[C@@H](O)COP(=O)(O)OC[C@@H](COC(=O)CCCCCCCCCC)OC(=O)CCCCCCCCC(C)CC. The molecule has 3 unspecified atom stereocenters. The Bertz CT molecular complexity index is 1650. The van der Waals surface area contributed by atoms with E-state index in [1.807, 2.05) is 0 Å². The van der Waals surface area contributed by atoms with Crippen molar-refractivity contribution in [2.75, 3.05) is 39.6 Å². The average Bonchev–Trinajstić information content (AvgIpc) is 3.50. The number of esters is 4. The molecule has 0 aromatic carbocycles. The lowest BCUT2D eigenvalue weighted by atomic mass is 10.00. The third-order valence-electron chi connectivity index (χ3n) is 15.3. The van der Waals surface area contributed by atoms with Crippen molar-refractivity contribution >= 4 is 39.5 Å². The molecule has 0 fully saturated rings. The second-order valence-electron chi connectivity index (χ2n) is 24.2. The second-order valence-corrected chi connectivity index (χ2v) is 27.1. The molecule has 19 heteroatoms. The summed E-state index contributed by atoms with van der Waals surface area (Å²) < 4.78 is 68.0. The van der Waals surface area contributed by atoms with E-state index in [9.17, 15) is 43.2 Å². The Morgan fingerprint density at radius 2 is 0.607 bits per heavy atom. The van der Waals surface area contributed by atoms with Gasteiger partial charge < -0.3 is 33.8 Å². The van der Waals surface area contributed by atoms with E-state index in [2.05, 4.69) is 41.5 Å². The standard InChI is InChI=1S/C65H126O17P2/c1-7-10-12-14-16-18-19-20-21-22-23-24-30-37-43-49-64(69)81-60(53-76-63(68)48-42-36-29-26-25-27-33-39-45-57(4)5)55-79-83(71,72)77-51-59(66)52-78-84(73,74)80-56-61(54-75-62(67)47-41-35-28-17-15-13-11-8-2)82-65(70)50-44-38-32-31-34-40-46-58(6)9-3/h57-61,66H,7-56H2,1-6H3,(H,71,72)(H,73,74)/t58?,59-,60-,61-/m1/s1. The number of hydrogen-bond donors (Lipinski definition) is 3. The van der Waals surface area contributed by atoms with Gasteiger partial charge in [-0.2, -0.15) is 0 Å². The number of aliphatic hydroxyl groups is 1. The van der Waals surface area contributed by atoms with Gasteiger partial charge in [0.1, 0.15) is 19.3 Å². The molecule has 0 aliphatic carbocycles. The van der Waals surface area contributed by atoms with Gasteiger partial charge in [-0.3, -0.25) is 37.3 Å². The molecule has 0 aliphatic heterocycles. The van der Waals surface area contributed by atoms with E-state index >= 15 is 0 Å². The average molecular weight is 1240 g/mol. The maximum absolute atomic E-state index is 13.0. The van der Waals surface area contributed by atoms with Gasteiger partial charge in [-0.05, 0) is 37.5 Å². The van der Waals surface area contributed by atoms with Crippen LogP contribution in [0.25, 0.3) is 0 Å². The maximum atomic E-state index is 13.0. The van der Waals surface area contributed by atoms with Crippen molar-refractivity contribution < 1.29 is 80.2 Å². The largest absolute Gasteiger partial charge is 0.472 e. The first-order valence-corrected chi connectivity index (χ1v) is 37.0. The molecule has 0 amide bonds. The summed E-state index contributed by atoms with van der Waals surface area (Å²) in [6.45, 7) is 9.40. The van der Waals surface area contributed by atoms with Gasteiger partial charge in [-0.15, -0.1) is 0 Å². The molecule has 0 aliphatic rings. The Morgan fingerprint density at radius 3 is 0.905 bits per heavy atom. The van der Waals surface area contributed by atoms with Crippen molar-refractivity contribution in [2.24, 2.45) is 11.8 Å². The first-order valence-electron chi connectivity index (χ1n) is 34.0. The smallest absolute Gasteiger partial charge is 0.462 e. The molecule has 0 rings (SSSR count). The zero-order valence-corrected chi connectivity index (χ0v) is 56.0. The third kappa shape index (κ3) is 57.8. The molecule has 17 nitrogen and oxygen atoms in total. The zero-order valence-electron chi connectivity index (χ0n) is 54.2. The summed E-state index contributed by atoms with van der Waals surface area (Å²) >= 11 is 0. The summed E-state index contributed by atoms with van der Waals surface area (Å²) in [4.78, 5) is 72.2. The molecule has 0 saturated carbocycles. The third-order valence-corrected chi connectivity index (χ3v) is 17.2. The summed E-state index contributed by atoms with van der Waals surface area (Å²) in [6.07, 6.45) is 40.4. The number of aliphatic hydroxyl groups excluding tert-OH is 1. The van der Waals surface area contributed by atoms with Crippen LogP contribution >= 0.6 is 15.6 Å². The molecule has 0 saturated heterocycles. The zero-order chi connectivity index (χ0) is 62.2. The monoisotopic (exact) mass is 1240 g/mol. The summed E-state index contributed by atoms with van der Waals surface area (Å²) in [5.74, 6) is -0.690. The quantitative estimate of drug-likeness (QED) is 0.0222. The van der Waals surface area contributed by atoms with Crippen LogP contribution in [0.15, 0.2) is 0 Å². The summed E-state index contributed by atoms with van der Waals surface area (Å²) in [7, 11) is -9.89. The van der Waals surface area contributed by atoms with Crippen molar-refractivity contribution in [1.29, 1.82) is 0 Å². The molecule has 0 bridgehead atoms. The van der Waals surface area contributed by atoms with E-state index in [1.54, 1.807) is 0 Å². The van der Waals surface area contributed by atoms with Crippen LogP contribution in [0.3, 0.4) is 0 Å². The Kier molecular flexibility index (Phi) is 56.2. The topological polar surface area (TPSA) is 237 Å². The minimum atomic E-state index is -4.95. The minimum Gasteiger partial charge on any atom is -0.462 e. The van der Waals surface area contributed by atoms with Gasteiger partial charge in [-0.25, -0.2) is 9.13 Å². The maximum Gasteiger partial charge on any atom is 0.472 e. The van der Waals surface area contributed by atoms with Crippen LogP contribution < -0.4 is 0 Å². The minimum absolute atomic E-state index is 0.103. The molecule has 0 aromatic heterocycles. The fourth-order valence-corrected chi connectivity index (χ4v) is 11.3. The number of phosphoric acid groups is 2. The molecule has 0 aromatic rings. The highest BCUT2D eigenvalue weighted by Gasteiger charge is 2.30. The summed E-state index contributed by atoms with van der Waals surface area (Å²) in [5, 5.41) is 10.5. The lowest BCUT2D eigenvalue weighted by Gasteiger charge is -2.21. The first kappa shape index (κ1) is 82.1. The molecule has 0 spiro atoms. The first-order chi connectivity index (χ1) is 40.4. The van der Waals surface area contributed by atoms with Gasteiger partial charge in [0.2, 0.25) is 0 Å². The van der Waals surface area contributed by atoms with Gasteiger partial charge in [-0.1, -0.05) is 273 Å². The number of rotatable bonds is 64. The molecule has 84 heavy (non-hydrogen) atoms. The Morgan fingerprint density at radius 1 is 0.345 bits per heavy atom. The van der Waals surface area contributed by atoms with Crippen LogP contribution in [0.1, 0.15) is 324 Å². The van der Waals surface area contributed by atoms with E-state index in [0.717, 1.165) is 108 Å². The van der Waals surface area contributed by atoms with Crippen molar-refractivity contribution in [1.82, 2.24) is 0 Å². The highest BCUT2D eigenvalue weighted by molar-refractivity contribution is 7.47. The second kappa shape index (κ2) is 57.5. The van der Waals surface area contributed by atoms with E-state index in [-0.39, 0.29) is 25.7 Å². The summed E-state index contributed by atoms with van der Waals surface area (Å²) in [5.41, 5.74) is 0. The van der Waals surface area contributed by atoms with Crippen LogP contribution in [0.2, 0.25) is 0 Å². The Hall–Kier alpha value is -1.94. The van der Waals surface area contributed by atoms with Gasteiger partial charge in [0.15, 0.2) is 12.2 Å². The van der Waals surface area contributed by atoms with Gasteiger partial charge in [0.05, 0.1) is 26.4 Å².